The fourth-order valence-corrected chi connectivity index (χ4v) is 3.64. The fourth-order valence-electron chi connectivity index (χ4n) is 3.64. The summed E-state index contributed by atoms with van der Waals surface area (Å²) in [5.74, 6) is 0.893. The van der Waals surface area contributed by atoms with Gasteiger partial charge in [-0.3, -0.25) is 14.6 Å². The first kappa shape index (κ1) is 17.9. The van der Waals surface area contributed by atoms with Gasteiger partial charge in [0, 0.05) is 37.1 Å². The van der Waals surface area contributed by atoms with Crippen molar-refractivity contribution in [1.29, 1.82) is 0 Å². The van der Waals surface area contributed by atoms with Gasteiger partial charge in [0.15, 0.2) is 0 Å². The molecule has 0 saturated heterocycles. The van der Waals surface area contributed by atoms with Gasteiger partial charge in [-0.25, -0.2) is 0 Å². The zero-order valence-electron chi connectivity index (χ0n) is 16.1. The van der Waals surface area contributed by atoms with Crippen LogP contribution in [0.25, 0.3) is 0 Å². The largest absolute Gasteiger partial charge is 0.373 e. The highest BCUT2D eigenvalue weighted by molar-refractivity contribution is 5.21. The molecular weight excluding hydrogens is 342 g/mol. The van der Waals surface area contributed by atoms with Crippen LogP contribution < -0.4 is 0 Å². The summed E-state index contributed by atoms with van der Waals surface area (Å²) in [6.45, 7) is 9.63. The van der Waals surface area contributed by atoms with Crippen LogP contribution in [0.1, 0.15) is 40.1 Å². The van der Waals surface area contributed by atoms with E-state index in [1.54, 1.807) is 0 Å². The van der Waals surface area contributed by atoms with Gasteiger partial charge in [0.05, 0.1) is 36.3 Å². The van der Waals surface area contributed by atoms with Crippen LogP contribution >= 0.6 is 0 Å². The van der Waals surface area contributed by atoms with Gasteiger partial charge in [-0.1, -0.05) is 11.2 Å². The predicted octanol–water partition coefficient (Wildman–Crippen LogP) is 2.97. The van der Waals surface area contributed by atoms with Crippen LogP contribution in [-0.2, 0) is 24.4 Å². The summed E-state index contributed by atoms with van der Waals surface area (Å²) in [7, 11) is 0. The number of fused-ring (bicyclic) bond motifs is 1. The molecule has 1 unspecified atom stereocenters. The van der Waals surface area contributed by atoms with Gasteiger partial charge in [-0.15, -0.1) is 0 Å². The summed E-state index contributed by atoms with van der Waals surface area (Å²) >= 11 is 0. The Morgan fingerprint density at radius 1 is 1.22 bits per heavy atom. The second-order valence-corrected chi connectivity index (χ2v) is 7.18. The maximum absolute atomic E-state index is 5.99. The van der Waals surface area contributed by atoms with E-state index in [-0.39, 0.29) is 6.04 Å². The summed E-state index contributed by atoms with van der Waals surface area (Å²) in [5.41, 5.74) is 5.31. The molecule has 27 heavy (non-hydrogen) atoms. The Hall–Kier alpha value is -2.51. The van der Waals surface area contributed by atoms with E-state index in [0.29, 0.717) is 13.2 Å². The molecule has 0 saturated carbocycles. The van der Waals surface area contributed by atoms with Crippen LogP contribution in [0.2, 0.25) is 0 Å². The van der Waals surface area contributed by atoms with E-state index < -0.39 is 0 Å². The van der Waals surface area contributed by atoms with Crippen molar-refractivity contribution in [1.82, 2.24) is 24.8 Å². The Labute approximate surface area is 158 Å². The molecular formula is C20H25N5O2. The molecule has 0 aromatic carbocycles. The van der Waals surface area contributed by atoms with E-state index in [4.69, 9.17) is 9.26 Å². The third-order valence-electron chi connectivity index (χ3n) is 5.02. The Kier molecular flexibility index (Phi) is 5.05. The topological polar surface area (TPSA) is 69.2 Å². The van der Waals surface area contributed by atoms with Gasteiger partial charge in [-0.05, 0) is 39.0 Å². The van der Waals surface area contributed by atoms with Gasteiger partial charge in [-0.2, -0.15) is 5.10 Å². The van der Waals surface area contributed by atoms with E-state index in [2.05, 4.69) is 30.9 Å². The maximum atomic E-state index is 5.99. The Morgan fingerprint density at radius 3 is 2.89 bits per heavy atom. The van der Waals surface area contributed by atoms with E-state index in [1.807, 2.05) is 45.2 Å². The van der Waals surface area contributed by atoms with Crippen LogP contribution in [0.4, 0.5) is 0 Å². The van der Waals surface area contributed by atoms with Crippen molar-refractivity contribution in [2.24, 2.45) is 0 Å². The molecule has 1 aliphatic heterocycles. The molecule has 3 aromatic heterocycles. The molecule has 0 aliphatic carbocycles. The number of ether oxygens (including phenoxy) is 1. The number of nitrogens with zero attached hydrogens (tertiary/aromatic N) is 5. The second kappa shape index (κ2) is 7.62. The highest BCUT2D eigenvalue weighted by Crippen LogP contribution is 2.24. The Morgan fingerprint density at radius 2 is 2.11 bits per heavy atom. The third kappa shape index (κ3) is 3.94. The summed E-state index contributed by atoms with van der Waals surface area (Å²) < 4.78 is 13.4. The molecule has 0 fully saturated rings. The first-order chi connectivity index (χ1) is 13.1. The van der Waals surface area contributed by atoms with Gasteiger partial charge in [0.2, 0.25) is 0 Å². The molecule has 142 valence electrons. The van der Waals surface area contributed by atoms with Crippen LogP contribution in [0.3, 0.4) is 0 Å². The zero-order chi connectivity index (χ0) is 18.8. The van der Waals surface area contributed by atoms with Gasteiger partial charge in [0.1, 0.15) is 5.76 Å². The monoisotopic (exact) mass is 367 g/mol. The zero-order valence-corrected chi connectivity index (χ0v) is 16.1. The van der Waals surface area contributed by atoms with Gasteiger partial charge in [0.25, 0.3) is 0 Å². The summed E-state index contributed by atoms with van der Waals surface area (Å²) in [6.07, 6.45) is 1.86. The van der Waals surface area contributed by atoms with Crippen molar-refractivity contribution in [3.63, 3.8) is 0 Å². The molecule has 7 nitrogen and oxygen atoms in total. The molecule has 0 amide bonds. The lowest BCUT2D eigenvalue weighted by Gasteiger charge is -2.33. The summed E-state index contributed by atoms with van der Waals surface area (Å²) in [6, 6.07) is 8.26. The number of rotatable bonds is 6. The smallest absolute Gasteiger partial charge is 0.138 e. The highest BCUT2D eigenvalue weighted by Gasteiger charge is 2.27. The van der Waals surface area contributed by atoms with Crippen molar-refractivity contribution in [3.05, 3.63) is 64.6 Å². The Balaban J connectivity index is 1.42. The van der Waals surface area contributed by atoms with E-state index in [1.165, 1.54) is 11.3 Å². The van der Waals surface area contributed by atoms with Crippen LogP contribution in [0.15, 0.2) is 35.0 Å². The SMILES string of the molecule is Cc1cccc(COCC2CN(Cc3c(C)noc3C)Cc3ccnn32)n1. The van der Waals surface area contributed by atoms with Crippen molar-refractivity contribution in [3.8, 4) is 0 Å². The number of aryl methyl sites for hydroxylation is 3. The quantitative estimate of drug-likeness (QED) is 0.667. The highest BCUT2D eigenvalue weighted by atomic mass is 16.5. The second-order valence-electron chi connectivity index (χ2n) is 7.18. The minimum Gasteiger partial charge on any atom is -0.373 e. The van der Waals surface area contributed by atoms with Crippen LogP contribution in [0, 0.1) is 20.8 Å². The third-order valence-corrected chi connectivity index (χ3v) is 5.02. The molecule has 7 heteroatoms. The van der Waals surface area contributed by atoms with E-state index >= 15 is 0 Å². The average molecular weight is 367 g/mol. The number of hydrogen-bond donors (Lipinski definition) is 0. The first-order valence-electron chi connectivity index (χ1n) is 9.27. The molecule has 0 spiro atoms. The molecule has 0 bridgehead atoms. The lowest BCUT2D eigenvalue weighted by molar-refractivity contribution is 0.0518. The van der Waals surface area contributed by atoms with Crippen molar-refractivity contribution < 1.29 is 9.26 Å². The van der Waals surface area contributed by atoms with E-state index in [0.717, 1.165) is 42.5 Å². The fraction of sp³-hybridized carbons (Fsp3) is 0.450. The Bertz CT molecular complexity index is 897. The molecule has 0 radical (unpaired) electrons. The summed E-state index contributed by atoms with van der Waals surface area (Å²) in [5, 5.41) is 8.58. The minimum absolute atomic E-state index is 0.175. The van der Waals surface area contributed by atoms with Crippen LogP contribution in [-0.4, -0.2) is 38.0 Å². The molecule has 1 atom stereocenters. The van der Waals surface area contributed by atoms with Crippen molar-refractivity contribution in [2.45, 2.75) is 46.5 Å². The lowest BCUT2D eigenvalue weighted by atomic mass is 10.1. The molecule has 4 heterocycles. The van der Waals surface area contributed by atoms with Crippen LogP contribution in [0.5, 0.6) is 0 Å². The van der Waals surface area contributed by atoms with Crippen molar-refractivity contribution in [2.75, 3.05) is 13.2 Å². The van der Waals surface area contributed by atoms with Gasteiger partial charge >= 0.3 is 0 Å². The number of hydrogen-bond acceptors (Lipinski definition) is 6. The molecule has 1 aliphatic rings. The van der Waals surface area contributed by atoms with Crippen molar-refractivity contribution >= 4 is 0 Å². The molecule has 4 rings (SSSR count). The maximum Gasteiger partial charge on any atom is 0.138 e. The predicted molar refractivity (Wildman–Crippen MR) is 100.0 cm³/mol. The average Bonchev–Trinajstić information content (AvgIpc) is 3.24. The normalized spacial score (nSPS) is 17.2. The van der Waals surface area contributed by atoms with Gasteiger partial charge < -0.3 is 9.26 Å². The van der Waals surface area contributed by atoms with E-state index in [9.17, 15) is 0 Å². The molecule has 3 aromatic rings. The summed E-state index contributed by atoms with van der Waals surface area (Å²) in [4.78, 5) is 6.90. The lowest BCUT2D eigenvalue weighted by Crippen LogP contribution is -2.39. The number of pyridine rings is 1. The minimum atomic E-state index is 0.175. The number of aromatic nitrogens is 4. The standard InChI is InChI=1S/C20H25N5O2/c1-14-5-4-6-17(22-14)12-26-13-19-10-24(9-18-7-8-21-25(18)19)11-20-15(2)23-27-16(20)3/h4-8,19H,9-13H2,1-3H3. The first-order valence-corrected chi connectivity index (χ1v) is 9.27. The molecule has 0 N–H and O–H groups in total.